The summed E-state index contributed by atoms with van der Waals surface area (Å²) >= 11 is 0. The molecule has 0 bridgehead atoms. The fourth-order valence-electron chi connectivity index (χ4n) is 3.89. The van der Waals surface area contributed by atoms with Crippen LogP contribution in [0.4, 0.5) is 0 Å². The lowest BCUT2D eigenvalue weighted by Gasteiger charge is -2.38. The van der Waals surface area contributed by atoms with Crippen molar-refractivity contribution in [2.75, 3.05) is 13.1 Å². The first-order valence-corrected chi connectivity index (χ1v) is 7.76. The summed E-state index contributed by atoms with van der Waals surface area (Å²) in [6.07, 6.45) is 7.30. The maximum Gasteiger partial charge on any atom is 0.228 e. The van der Waals surface area contributed by atoms with Gasteiger partial charge in [-0.25, -0.2) is 0 Å². The van der Waals surface area contributed by atoms with Gasteiger partial charge in [0, 0.05) is 24.4 Å². The quantitative estimate of drug-likeness (QED) is 0.783. The van der Waals surface area contributed by atoms with Gasteiger partial charge in [0.1, 0.15) is 0 Å². The molecule has 1 aliphatic carbocycles. The van der Waals surface area contributed by atoms with Crippen LogP contribution in [0.15, 0.2) is 0 Å². The minimum atomic E-state index is -0.0757. The average molecular weight is 262 g/mol. The summed E-state index contributed by atoms with van der Waals surface area (Å²) in [5.41, 5.74) is -0.0757. The van der Waals surface area contributed by atoms with Gasteiger partial charge in [0.25, 0.3) is 0 Å². The van der Waals surface area contributed by atoms with Crippen molar-refractivity contribution in [1.29, 1.82) is 5.26 Å². The van der Waals surface area contributed by atoms with Gasteiger partial charge in [0.2, 0.25) is 5.91 Å². The Morgan fingerprint density at radius 1 is 1.32 bits per heavy atom. The summed E-state index contributed by atoms with van der Waals surface area (Å²) in [4.78, 5) is 14.9. The second-order valence-electron chi connectivity index (χ2n) is 6.78. The number of carbonyl (C=O) groups is 1. The first-order chi connectivity index (χ1) is 9.07. The molecule has 1 amide bonds. The van der Waals surface area contributed by atoms with Gasteiger partial charge in [0.05, 0.1) is 6.07 Å². The zero-order chi connectivity index (χ0) is 13.9. The molecule has 1 aliphatic heterocycles. The summed E-state index contributed by atoms with van der Waals surface area (Å²) in [5.74, 6) is 1.13. The van der Waals surface area contributed by atoms with Gasteiger partial charge in [-0.2, -0.15) is 5.26 Å². The lowest BCUT2D eigenvalue weighted by atomic mass is 9.77. The molecule has 0 radical (unpaired) electrons. The highest BCUT2D eigenvalue weighted by Gasteiger charge is 2.44. The number of hydrogen-bond donors (Lipinski definition) is 0. The van der Waals surface area contributed by atoms with Crippen molar-refractivity contribution in [3.8, 4) is 6.07 Å². The van der Waals surface area contributed by atoms with E-state index in [1.807, 2.05) is 4.90 Å². The van der Waals surface area contributed by atoms with E-state index in [0.717, 1.165) is 45.2 Å². The van der Waals surface area contributed by atoms with Crippen LogP contribution in [-0.4, -0.2) is 23.9 Å². The van der Waals surface area contributed by atoms with Crippen molar-refractivity contribution in [2.24, 2.45) is 17.3 Å². The van der Waals surface area contributed by atoms with Crippen molar-refractivity contribution in [3.63, 3.8) is 0 Å². The van der Waals surface area contributed by atoms with Gasteiger partial charge in [0.15, 0.2) is 0 Å². The Morgan fingerprint density at radius 3 is 2.37 bits per heavy atom. The number of amides is 1. The molecule has 106 valence electrons. The van der Waals surface area contributed by atoms with Crippen LogP contribution < -0.4 is 0 Å². The third kappa shape index (κ3) is 3.11. The van der Waals surface area contributed by atoms with Crippen molar-refractivity contribution < 1.29 is 4.79 Å². The molecule has 0 spiro atoms. The highest BCUT2D eigenvalue weighted by atomic mass is 16.2. The average Bonchev–Trinajstić information content (AvgIpc) is 2.87. The number of carbonyl (C=O) groups excluding carboxylic acids is 1. The summed E-state index contributed by atoms with van der Waals surface area (Å²) in [5, 5.41) is 8.94. The number of nitriles is 1. The minimum absolute atomic E-state index is 0.0757. The van der Waals surface area contributed by atoms with E-state index >= 15 is 0 Å². The maximum absolute atomic E-state index is 12.9. The van der Waals surface area contributed by atoms with Gasteiger partial charge in [-0.05, 0) is 38.0 Å². The molecule has 3 heteroatoms. The van der Waals surface area contributed by atoms with Crippen molar-refractivity contribution >= 4 is 5.91 Å². The van der Waals surface area contributed by atoms with E-state index in [2.05, 4.69) is 19.9 Å². The third-order valence-corrected chi connectivity index (χ3v) is 4.78. The van der Waals surface area contributed by atoms with Gasteiger partial charge in [-0.1, -0.05) is 26.7 Å². The van der Waals surface area contributed by atoms with Crippen LogP contribution in [0.2, 0.25) is 0 Å². The molecule has 0 N–H and O–H groups in total. The highest BCUT2D eigenvalue weighted by Crippen LogP contribution is 2.45. The Balaban J connectivity index is 2.02. The number of piperidine rings is 1. The Bertz CT molecular complexity index is 355. The van der Waals surface area contributed by atoms with E-state index in [0.29, 0.717) is 11.8 Å². The number of rotatable bonds is 3. The highest BCUT2D eigenvalue weighted by molar-refractivity contribution is 5.83. The lowest BCUT2D eigenvalue weighted by molar-refractivity contribution is -0.144. The predicted molar refractivity (Wildman–Crippen MR) is 75.3 cm³/mol. The summed E-state index contributed by atoms with van der Waals surface area (Å²) in [7, 11) is 0. The Hall–Kier alpha value is -1.04. The summed E-state index contributed by atoms with van der Waals surface area (Å²) in [6, 6.07) is 2.34. The van der Waals surface area contributed by atoms with Gasteiger partial charge < -0.3 is 4.90 Å². The zero-order valence-electron chi connectivity index (χ0n) is 12.3. The molecule has 2 aliphatic rings. The minimum Gasteiger partial charge on any atom is -0.342 e. The molecule has 2 rings (SSSR count). The van der Waals surface area contributed by atoms with Crippen molar-refractivity contribution in [3.05, 3.63) is 0 Å². The van der Waals surface area contributed by atoms with Crippen LogP contribution in [0.5, 0.6) is 0 Å². The van der Waals surface area contributed by atoms with E-state index in [-0.39, 0.29) is 11.3 Å². The molecule has 0 aromatic carbocycles. The molecular weight excluding hydrogens is 236 g/mol. The second kappa shape index (κ2) is 5.94. The van der Waals surface area contributed by atoms with Crippen LogP contribution in [0, 0.1) is 28.6 Å². The first-order valence-electron chi connectivity index (χ1n) is 7.76. The van der Waals surface area contributed by atoms with Crippen LogP contribution >= 0.6 is 0 Å². The number of hydrogen-bond acceptors (Lipinski definition) is 2. The molecule has 1 saturated heterocycles. The molecular formula is C16H26N2O. The fraction of sp³-hybridized carbons (Fsp3) is 0.875. The van der Waals surface area contributed by atoms with E-state index in [4.69, 9.17) is 5.26 Å². The molecule has 19 heavy (non-hydrogen) atoms. The topological polar surface area (TPSA) is 44.1 Å². The largest absolute Gasteiger partial charge is 0.342 e. The normalized spacial score (nSPS) is 23.6. The molecule has 2 fully saturated rings. The van der Waals surface area contributed by atoms with Crippen LogP contribution in [0.1, 0.15) is 58.8 Å². The summed E-state index contributed by atoms with van der Waals surface area (Å²) < 4.78 is 0. The molecule has 1 heterocycles. The fourth-order valence-corrected chi connectivity index (χ4v) is 3.89. The Morgan fingerprint density at radius 2 is 1.89 bits per heavy atom. The molecule has 3 nitrogen and oxygen atoms in total. The zero-order valence-corrected chi connectivity index (χ0v) is 12.3. The molecule has 0 aromatic heterocycles. The van der Waals surface area contributed by atoms with Gasteiger partial charge in [-0.3, -0.25) is 4.79 Å². The van der Waals surface area contributed by atoms with Gasteiger partial charge in [-0.15, -0.1) is 0 Å². The second-order valence-corrected chi connectivity index (χ2v) is 6.78. The van der Waals surface area contributed by atoms with Crippen molar-refractivity contribution in [2.45, 2.75) is 58.8 Å². The standard InChI is InChI=1S/C16H26N2O/c1-13(2)11-16(7-3-4-8-16)15(19)18-9-5-14(12-17)6-10-18/h13-14H,3-11H2,1-2H3. The van der Waals surface area contributed by atoms with Crippen LogP contribution in [0.3, 0.4) is 0 Å². The van der Waals surface area contributed by atoms with Crippen LogP contribution in [0.25, 0.3) is 0 Å². The Labute approximate surface area is 117 Å². The monoisotopic (exact) mass is 262 g/mol. The molecule has 1 saturated carbocycles. The number of nitrogens with zero attached hydrogens (tertiary/aromatic N) is 2. The molecule has 0 atom stereocenters. The summed E-state index contributed by atoms with van der Waals surface area (Å²) in [6.45, 7) is 6.01. The third-order valence-electron chi connectivity index (χ3n) is 4.78. The lowest BCUT2D eigenvalue weighted by Crippen LogP contribution is -2.46. The Kier molecular flexibility index (Phi) is 4.50. The maximum atomic E-state index is 12.9. The van der Waals surface area contributed by atoms with Gasteiger partial charge >= 0.3 is 0 Å². The smallest absolute Gasteiger partial charge is 0.228 e. The van der Waals surface area contributed by atoms with E-state index in [1.165, 1.54) is 12.8 Å². The van der Waals surface area contributed by atoms with Crippen molar-refractivity contribution in [1.82, 2.24) is 4.90 Å². The first kappa shape index (κ1) is 14.4. The van der Waals surface area contributed by atoms with E-state index < -0.39 is 0 Å². The number of likely N-dealkylation sites (tertiary alicyclic amines) is 1. The van der Waals surface area contributed by atoms with Crippen LogP contribution in [-0.2, 0) is 4.79 Å². The molecule has 0 unspecified atom stereocenters. The SMILES string of the molecule is CC(C)CC1(C(=O)N2CCC(C#N)CC2)CCCC1. The van der Waals surface area contributed by atoms with E-state index in [9.17, 15) is 4.79 Å². The molecule has 0 aromatic rings. The predicted octanol–water partition coefficient (Wildman–Crippen LogP) is 3.36. The van der Waals surface area contributed by atoms with E-state index in [1.54, 1.807) is 0 Å².